The first kappa shape index (κ1) is 120. The van der Waals surface area contributed by atoms with E-state index in [4.69, 9.17) is 52.1 Å². The van der Waals surface area contributed by atoms with Crippen molar-refractivity contribution in [2.45, 2.75) is 352 Å². The molecule has 7 aliphatic heterocycles. The van der Waals surface area contributed by atoms with E-state index in [1.54, 1.807) is 65.8 Å². The van der Waals surface area contributed by atoms with Gasteiger partial charge in [0.15, 0.2) is 0 Å². The molecular weight excluding hydrogens is 1730 g/mol. The van der Waals surface area contributed by atoms with E-state index >= 15 is 0 Å². The third kappa shape index (κ3) is 47.8. The normalized spacial score (nSPS) is 21.3. The third-order valence-electron chi connectivity index (χ3n) is 22.0. The van der Waals surface area contributed by atoms with Gasteiger partial charge in [-0.15, -0.1) is 0 Å². The lowest BCUT2D eigenvalue weighted by atomic mass is 9.63. The number of likely N-dealkylation sites (tertiary alicyclic amines) is 1. The Morgan fingerprint density at radius 1 is 0.358 bits per heavy atom. The highest BCUT2D eigenvalue weighted by Gasteiger charge is 2.51. The first-order chi connectivity index (χ1) is 61.2. The van der Waals surface area contributed by atoms with Gasteiger partial charge < -0.3 is 67.6 Å². The Hall–Kier alpha value is -8.12. The molecule has 3 aliphatic carbocycles. The zero-order valence-corrected chi connectivity index (χ0v) is 86.9. The number of esters is 10. The van der Waals surface area contributed by atoms with Crippen molar-refractivity contribution >= 4 is 59.7 Å². The maximum atomic E-state index is 12.8. The smallest absolute Gasteiger partial charge is 0.316 e. The molecule has 3 aromatic carbocycles. The molecule has 0 amide bonds. The predicted molar refractivity (Wildman–Crippen MR) is 510 cm³/mol. The van der Waals surface area contributed by atoms with E-state index in [0.29, 0.717) is 42.7 Å². The lowest BCUT2D eigenvalue weighted by Gasteiger charge is -2.53. The van der Waals surface area contributed by atoms with Gasteiger partial charge in [0.1, 0.15) is 60.8 Å². The molecule has 3 aromatic rings. The maximum Gasteiger partial charge on any atom is 0.316 e. The van der Waals surface area contributed by atoms with Crippen molar-refractivity contribution in [2.75, 3.05) is 79.2 Å². The highest BCUT2D eigenvalue weighted by Crippen LogP contribution is 2.47. The first-order valence-corrected chi connectivity index (χ1v) is 47.6. The van der Waals surface area contributed by atoms with Crippen molar-refractivity contribution in [3.63, 3.8) is 0 Å². The van der Waals surface area contributed by atoms with Gasteiger partial charge in [0.2, 0.25) is 5.92 Å². The molecule has 10 fully saturated rings. The number of piperidine rings is 3. The number of carbonyl (C=O) groups excluding carboxylic acids is 10. The van der Waals surface area contributed by atoms with Crippen LogP contribution in [-0.4, -0.2) is 203 Å². The topological polar surface area (TPSA) is 303 Å². The summed E-state index contributed by atoms with van der Waals surface area (Å²) in [7, 11) is 2.05. The van der Waals surface area contributed by atoms with Gasteiger partial charge >= 0.3 is 59.7 Å². The largest absolute Gasteiger partial charge is 0.462 e. The Kier molecular flexibility index (Phi) is 46.6. The molecule has 0 aromatic heterocycles. The number of nitrogens with one attached hydrogen (secondary N) is 2. The van der Waals surface area contributed by atoms with Crippen molar-refractivity contribution in [1.29, 1.82) is 0 Å². The Balaban J connectivity index is 0.000000384. The van der Waals surface area contributed by atoms with E-state index in [0.717, 1.165) is 83.5 Å². The van der Waals surface area contributed by atoms with Gasteiger partial charge in [0.25, 0.3) is 5.92 Å². The van der Waals surface area contributed by atoms with Crippen LogP contribution < -0.4 is 20.1 Å². The van der Waals surface area contributed by atoms with Crippen molar-refractivity contribution < 1.29 is 118 Å². The predicted octanol–water partition coefficient (Wildman–Crippen LogP) is 20.2. The number of para-hydroxylation sites is 2. The van der Waals surface area contributed by atoms with Gasteiger partial charge in [-0.3, -0.25) is 52.8 Å². The Morgan fingerprint density at radius 2 is 0.709 bits per heavy atom. The van der Waals surface area contributed by atoms with Crippen molar-refractivity contribution in [3.8, 4) is 11.5 Å². The molecule has 10 aliphatic rings. The van der Waals surface area contributed by atoms with E-state index in [9.17, 15) is 65.5 Å². The number of likely N-dealkylation sites (N-methyl/N-ethyl adjacent to an activating group) is 1. The number of hydrogen-bond donors (Lipinski definition) is 2. The summed E-state index contributed by atoms with van der Waals surface area (Å²) in [5.41, 5.74) is -2.85. The standard InChI is InChI=1S/C12H21NO2.C12H16O2.C11H18F2O2.C11H19NO2.2C11H14O2.C10H19NO2.C9H14F2O2.C9H17NO2.C9H16O3/c1-12(2,3)11(14)15-10-8-13-6-4-9(10)5-7-13;1-12(2,3)11(13)14-9-10-7-5-4-6-8-10;1-10(2,3)9(14)15-8-4-6-11(12,13)7-5-8;1-10(2,3)9(13)14-8-4-11(5-8)6-12-7-11;2*1-11(2,3)10(12)13-9-7-5-4-6-8-9;1-10(2,3)9(12)13-8-5-6-11(4)7-8;1-8(2,3)7(12)13-6-4-9(10,11)5-6;1-9(2,3)8(11)12-7-4-5-10-6-7;1-9(2,3)8(10)12-7-4-5-11-6-7/h9-10H,4-8H2,1-3H3;4-8H,9H2,1-3H3;8H,4-7H2,1-3H3;8,12H,4-7H2,1-3H3;2*4-8H,1-3H3;8H,5-7H2,1-4H3;6H,4-5H2,1-3H3;7,10H,4-6H2,1-3H3;7H,4-6H2,1-3H3. The van der Waals surface area contributed by atoms with Gasteiger partial charge in [-0.25, -0.2) is 17.6 Å². The molecule has 13 rings (SSSR count). The Labute approximate surface area is 798 Å². The van der Waals surface area contributed by atoms with Crippen LogP contribution in [0.1, 0.15) is 297 Å². The number of halogens is 4. The molecule has 25 nitrogen and oxygen atoms in total. The summed E-state index contributed by atoms with van der Waals surface area (Å²) in [4.78, 5) is 119. The highest BCUT2D eigenvalue weighted by molar-refractivity contribution is 5.80. The fourth-order valence-electron chi connectivity index (χ4n) is 12.7. The molecule has 762 valence electrons. The molecule has 29 heteroatoms. The van der Waals surface area contributed by atoms with Crippen LogP contribution in [0.4, 0.5) is 17.6 Å². The van der Waals surface area contributed by atoms with Gasteiger partial charge in [0.05, 0.1) is 67.4 Å². The van der Waals surface area contributed by atoms with Gasteiger partial charge in [-0.05, 0) is 322 Å². The third-order valence-corrected chi connectivity index (χ3v) is 22.0. The number of alkyl halides is 4. The van der Waals surface area contributed by atoms with Crippen LogP contribution in [0.25, 0.3) is 0 Å². The average molecular weight is 1900 g/mol. The van der Waals surface area contributed by atoms with Crippen LogP contribution in [0.2, 0.25) is 0 Å². The highest BCUT2D eigenvalue weighted by atomic mass is 19.3. The summed E-state index contributed by atoms with van der Waals surface area (Å²) in [6, 6.07) is 27.9. The number of hydrogen-bond acceptors (Lipinski definition) is 25. The zero-order chi connectivity index (χ0) is 102. The number of benzene rings is 3. The maximum absolute atomic E-state index is 12.8. The second kappa shape index (κ2) is 52.1. The van der Waals surface area contributed by atoms with Crippen molar-refractivity contribution in [2.24, 2.45) is 65.5 Å². The van der Waals surface area contributed by atoms with E-state index in [-0.39, 0.29) is 151 Å². The van der Waals surface area contributed by atoms with Gasteiger partial charge in [0, 0.05) is 76.8 Å². The van der Waals surface area contributed by atoms with E-state index in [2.05, 4.69) is 20.4 Å². The number of fused-ring (bicyclic) bond motifs is 3. The quantitative estimate of drug-likeness (QED) is 0.0780. The molecule has 2 N–H and O–H groups in total. The number of rotatable bonds is 11. The van der Waals surface area contributed by atoms with Crippen LogP contribution >= 0.6 is 0 Å². The molecule has 1 spiro atoms. The fourth-order valence-corrected chi connectivity index (χ4v) is 12.7. The molecule has 7 saturated heterocycles. The minimum absolute atomic E-state index is 0.0169. The van der Waals surface area contributed by atoms with Crippen LogP contribution in [0.3, 0.4) is 0 Å². The lowest BCUT2D eigenvalue weighted by molar-refractivity contribution is -0.190. The summed E-state index contributed by atoms with van der Waals surface area (Å²) < 4.78 is 108. The molecular formula is C105H168F4N4O21. The summed E-state index contributed by atoms with van der Waals surface area (Å²) in [5.74, 6) is -5.13. The van der Waals surface area contributed by atoms with Gasteiger partial charge in [-0.2, -0.15) is 0 Å². The minimum Gasteiger partial charge on any atom is -0.462 e. The summed E-state index contributed by atoms with van der Waals surface area (Å²) >= 11 is 0. The van der Waals surface area contributed by atoms with Crippen LogP contribution in [0, 0.1) is 65.5 Å². The lowest BCUT2D eigenvalue weighted by Crippen LogP contribution is -2.62. The Bertz CT molecular complexity index is 3960. The van der Waals surface area contributed by atoms with E-state index in [1.807, 2.05) is 240 Å². The summed E-state index contributed by atoms with van der Waals surface area (Å²) in [6.07, 6.45) is 6.43. The monoisotopic (exact) mass is 1900 g/mol. The van der Waals surface area contributed by atoms with Crippen LogP contribution in [0.5, 0.6) is 11.5 Å². The van der Waals surface area contributed by atoms with E-state index < -0.39 is 56.4 Å². The second-order valence-corrected chi connectivity index (χ2v) is 46.8. The molecule has 3 saturated carbocycles. The molecule has 2 bridgehead atoms. The second-order valence-electron chi connectivity index (χ2n) is 46.8. The molecule has 7 heterocycles. The minimum atomic E-state index is -2.62. The summed E-state index contributed by atoms with van der Waals surface area (Å²) in [6.45, 7) is 66.0. The molecule has 4 unspecified atom stereocenters. The van der Waals surface area contributed by atoms with Crippen LogP contribution in [0.15, 0.2) is 91.0 Å². The SMILES string of the molecule is CC(C)(C)C(=O)OC1CC(F)(F)C1.CC(C)(C)C(=O)OC1CC2(CNC2)C1.CC(C)(C)C(=O)OC1CCC(F)(F)CC1.CC(C)(C)C(=O)OC1CCNC1.CC(C)(C)C(=O)OC1CCOC1.CC(C)(C)C(=O)OC1CN2CCC1CC2.CC(C)(C)C(=O)OCc1ccccc1.CC(C)(C)C(=O)Oc1ccccc1.CC(C)(C)C(=O)Oc1ccccc1.CN1CCC(OC(=O)C(C)(C)C)C1. The zero-order valence-electron chi connectivity index (χ0n) is 86.9. The summed E-state index contributed by atoms with van der Waals surface area (Å²) in [5, 5.41) is 6.42. The average Bonchev–Trinajstić information content (AvgIpc) is 0.887. The number of nitrogens with zero attached hydrogens (tertiary/aromatic N) is 2. The number of carbonyl (C=O) groups is 10. The van der Waals surface area contributed by atoms with Crippen molar-refractivity contribution in [1.82, 2.24) is 20.4 Å². The molecule has 0 radical (unpaired) electrons. The van der Waals surface area contributed by atoms with Crippen LogP contribution in [-0.2, 0) is 97.2 Å². The van der Waals surface area contributed by atoms with E-state index in [1.165, 1.54) is 25.9 Å². The van der Waals surface area contributed by atoms with Crippen molar-refractivity contribution in [3.05, 3.63) is 96.6 Å². The molecule has 4 atom stereocenters. The fraction of sp³-hybridized carbons (Fsp3) is 0.733. The number of ether oxygens (including phenoxy) is 11. The van der Waals surface area contributed by atoms with Gasteiger partial charge in [-0.1, -0.05) is 66.7 Å². The first-order valence-electron chi connectivity index (χ1n) is 47.6. The Morgan fingerprint density at radius 3 is 1.02 bits per heavy atom. The molecule has 134 heavy (non-hydrogen) atoms.